The molecule has 2 heterocycles. The van der Waals surface area contributed by atoms with Gasteiger partial charge in [0.1, 0.15) is 5.82 Å². The van der Waals surface area contributed by atoms with E-state index in [-0.39, 0.29) is 0 Å². The molecule has 5 nitrogen and oxygen atoms in total. The van der Waals surface area contributed by atoms with E-state index < -0.39 is 0 Å². The molecule has 0 spiro atoms. The van der Waals surface area contributed by atoms with Crippen LogP contribution in [-0.2, 0) is 0 Å². The number of hydrogen-bond donors (Lipinski definition) is 1. The van der Waals surface area contributed by atoms with E-state index in [9.17, 15) is 0 Å². The highest BCUT2D eigenvalue weighted by Crippen LogP contribution is 2.17. The Labute approximate surface area is 109 Å². The maximum atomic E-state index is 4.47. The van der Waals surface area contributed by atoms with E-state index in [0.717, 1.165) is 24.9 Å². The van der Waals surface area contributed by atoms with E-state index in [1.54, 1.807) is 6.20 Å². The summed E-state index contributed by atoms with van der Waals surface area (Å²) in [5.74, 6) is 1.66. The molecule has 100 valence electrons. The van der Waals surface area contributed by atoms with E-state index in [0.29, 0.717) is 6.04 Å². The SMILES string of the molecule is CCN1CCCC1CNc1ccnc(N(C)C)n1. The van der Waals surface area contributed by atoms with Crippen LogP contribution in [0, 0.1) is 0 Å². The van der Waals surface area contributed by atoms with E-state index in [4.69, 9.17) is 0 Å². The Morgan fingerprint density at radius 3 is 3.06 bits per heavy atom. The molecule has 1 aromatic heterocycles. The van der Waals surface area contributed by atoms with Crippen molar-refractivity contribution in [3.8, 4) is 0 Å². The Kier molecular flexibility index (Phi) is 4.36. The zero-order valence-corrected chi connectivity index (χ0v) is 11.6. The summed E-state index contributed by atoms with van der Waals surface area (Å²) in [5.41, 5.74) is 0. The minimum Gasteiger partial charge on any atom is -0.368 e. The molecule has 1 saturated heterocycles. The van der Waals surface area contributed by atoms with Crippen molar-refractivity contribution < 1.29 is 0 Å². The topological polar surface area (TPSA) is 44.3 Å². The second-order valence-electron chi connectivity index (χ2n) is 4.94. The predicted molar refractivity (Wildman–Crippen MR) is 75.1 cm³/mol. The van der Waals surface area contributed by atoms with Gasteiger partial charge in [0.05, 0.1) is 0 Å². The largest absolute Gasteiger partial charge is 0.368 e. The number of likely N-dealkylation sites (N-methyl/N-ethyl adjacent to an activating group) is 1. The molecule has 1 aromatic rings. The molecular formula is C13H23N5. The van der Waals surface area contributed by atoms with Crippen molar-refractivity contribution in [2.45, 2.75) is 25.8 Å². The fourth-order valence-electron chi connectivity index (χ4n) is 2.43. The van der Waals surface area contributed by atoms with Gasteiger partial charge in [-0.2, -0.15) is 4.98 Å². The van der Waals surface area contributed by atoms with Crippen molar-refractivity contribution in [1.29, 1.82) is 0 Å². The Bertz CT molecular complexity index is 379. The zero-order valence-electron chi connectivity index (χ0n) is 11.6. The number of likely N-dealkylation sites (tertiary alicyclic amines) is 1. The molecule has 1 atom stereocenters. The molecule has 1 fully saturated rings. The van der Waals surface area contributed by atoms with Gasteiger partial charge in [-0.05, 0) is 32.0 Å². The molecule has 1 N–H and O–H groups in total. The van der Waals surface area contributed by atoms with E-state index in [1.807, 2.05) is 25.1 Å². The maximum Gasteiger partial charge on any atom is 0.226 e. The van der Waals surface area contributed by atoms with Gasteiger partial charge in [-0.3, -0.25) is 4.90 Å². The molecule has 0 aromatic carbocycles. The first kappa shape index (κ1) is 13.1. The van der Waals surface area contributed by atoms with Crippen molar-refractivity contribution in [1.82, 2.24) is 14.9 Å². The molecule has 18 heavy (non-hydrogen) atoms. The molecule has 0 bridgehead atoms. The Balaban J connectivity index is 1.91. The quantitative estimate of drug-likeness (QED) is 0.855. The van der Waals surface area contributed by atoms with Gasteiger partial charge in [0, 0.05) is 32.9 Å². The summed E-state index contributed by atoms with van der Waals surface area (Å²) in [6.45, 7) is 5.57. The summed E-state index contributed by atoms with van der Waals surface area (Å²) in [6, 6.07) is 2.57. The van der Waals surface area contributed by atoms with Crippen LogP contribution in [0.4, 0.5) is 11.8 Å². The number of aromatic nitrogens is 2. The van der Waals surface area contributed by atoms with Gasteiger partial charge in [0.25, 0.3) is 0 Å². The molecule has 0 radical (unpaired) electrons. The van der Waals surface area contributed by atoms with Crippen molar-refractivity contribution in [2.24, 2.45) is 0 Å². The number of anilines is 2. The summed E-state index contributed by atoms with van der Waals surface area (Å²) < 4.78 is 0. The van der Waals surface area contributed by atoms with Crippen LogP contribution in [0.3, 0.4) is 0 Å². The number of nitrogens with one attached hydrogen (secondary N) is 1. The highest BCUT2D eigenvalue weighted by atomic mass is 15.2. The highest BCUT2D eigenvalue weighted by Gasteiger charge is 2.22. The van der Waals surface area contributed by atoms with E-state index in [1.165, 1.54) is 19.4 Å². The third-order valence-corrected chi connectivity index (χ3v) is 3.47. The Hall–Kier alpha value is -1.36. The fourth-order valence-corrected chi connectivity index (χ4v) is 2.43. The van der Waals surface area contributed by atoms with Gasteiger partial charge in [0.15, 0.2) is 0 Å². The molecule has 1 aliphatic rings. The van der Waals surface area contributed by atoms with Gasteiger partial charge in [-0.1, -0.05) is 6.92 Å². The summed E-state index contributed by atoms with van der Waals surface area (Å²) >= 11 is 0. The first-order chi connectivity index (χ1) is 8.70. The van der Waals surface area contributed by atoms with E-state index in [2.05, 4.69) is 27.1 Å². The maximum absolute atomic E-state index is 4.47. The van der Waals surface area contributed by atoms with Crippen molar-refractivity contribution in [3.05, 3.63) is 12.3 Å². The van der Waals surface area contributed by atoms with Crippen LogP contribution in [-0.4, -0.2) is 54.6 Å². The lowest BCUT2D eigenvalue weighted by Gasteiger charge is -2.23. The monoisotopic (exact) mass is 249 g/mol. The molecule has 0 saturated carbocycles. The zero-order chi connectivity index (χ0) is 13.0. The Morgan fingerprint density at radius 1 is 1.50 bits per heavy atom. The molecule has 5 heteroatoms. The number of nitrogens with zero attached hydrogens (tertiary/aromatic N) is 4. The standard InChI is InChI=1S/C13H23N5/c1-4-18-9-5-6-11(18)10-15-12-7-8-14-13(16-12)17(2)3/h7-8,11H,4-6,9-10H2,1-3H3,(H,14,15,16). The summed E-state index contributed by atoms with van der Waals surface area (Å²) in [4.78, 5) is 13.1. The van der Waals surface area contributed by atoms with Crippen LogP contribution in [0.25, 0.3) is 0 Å². The number of rotatable bonds is 5. The van der Waals surface area contributed by atoms with Crippen LogP contribution in [0.15, 0.2) is 12.3 Å². The van der Waals surface area contributed by atoms with Crippen molar-refractivity contribution in [3.63, 3.8) is 0 Å². The third kappa shape index (κ3) is 3.10. The molecule has 0 amide bonds. The molecule has 1 aliphatic heterocycles. The first-order valence-electron chi connectivity index (χ1n) is 6.69. The van der Waals surface area contributed by atoms with E-state index >= 15 is 0 Å². The van der Waals surface area contributed by atoms with Crippen LogP contribution >= 0.6 is 0 Å². The smallest absolute Gasteiger partial charge is 0.226 e. The average Bonchev–Trinajstić information content (AvgIpc) is 2.84. The molecular weight excluding hydrogens is 226 g/mol. The lowest BCUT2D eigenvalue weighted by Crippen LogP contribution is -2.34. The van der Waals surface area contributed by atoms with Crippen LogP contribution in [0.2, 0.25) is 0 Å². The van der Waals surface area contributed by atoms with Crippen LogP contribution in [0.5, 0.6) is 0 Å². The van der Waals surface area contributed by atoms with Crippen LogP contribution < -0.4 is 10.2 Å². The first-order valence-corrected chi connectivity index (χ1v) is 6.69. The fraction of sp³-hybridized carbons (Fsp3) is 0.692. The average molecular weight is 249 g/mol. The van der Waals surface area contributed by atoms with Crippen molar-refractivity contribution in [2.75, 3.05) is 43.9 Å². The summed E-state index contributed by atoms with van der Waals surface area (Å²) in [6.07, 6.45) is 4.40. The highest BCUT2D eigenvalue weighted by molar-refractivity contribution is 5.40. The van der Waals surface area contributed by atoms with Gasteiger partial charge >= 0.3 is 0 Å². The minimum absolute atomic E-state index is 0.646. The number of hydrogen-bond acceptors (Lipinski definition) is 5. The van der Waals surface area contributed by atoms with Gasteiger partial charge in [0.2, 0.25) is 5.95 Å². The normalized spacial score (nSPS) is 20.1. The second-order valence-corrected chi connectivity index (χ2v) is 4.94. The van der Waals surface area contributed by atoms with Gasteiger partial charge in [-0.25, -0.2) is 4.98 Å². The lowest BCUT2D eigenvalue weighted by atomic mass is 10.2. The Morgan fingerprint density at radius 2 is 2.33 bits per heavy atom. The summed E-state index contributed by atoms with van der Waals surface area (Å²) in [7, 11) is 3.91. The second kappa shape index (κ2) is 6.00. The minimum atomic E-state index is 0.646. The molecule has 1 unspecified atom stereocenters. The third-order valence-electron chi connectivity index (χ3n) is 3.47. The predicted octanol–water partition coefficient (Wildman–Crippen LogP) is 1.44. The summed E-state index contributed by atoms with van der Waals surface area (Å²) in [5, 5.41) is 3.43. The van der Waals surface area contributed by atoms with Crippen molar-refractivity contribution >= 4 is 11.8 Å². The molecule has 0 aliphatic carbocycles. The van der Waals surface area contributed by atoms with Gasteiger partial charge < -0.3 is 10.2 Å². The van der Waals surface area contributed by atoms with Crippen LogP contribution in [0.1, 0.15) is 19.8 Å². The van der Waals surface area contributed by atoms with Gasteiger partial charge in [-0.15, -0.1) is 0 Å². The lowest BCUT2D eigenvalue weighted by molar-refractivity contribution is 0.277. The molecule has 2 rings (SSSR count).